The monoisotopic (exact) mass is 223 g/mol. The lowest BCUT2D eigenvalue weighted by atomic mass is 10.1. The number of hydrogen-bond donors (Lipinski definition) is 1. The number of imidazole rings is 1. The van der Waals surface area contributed by atoms with E-state index in [0.29, 0.717) is 6.04 Å². The summed E-state index contributed by atoms with van der Waals surface area (Å²) in [6.45, 7) is 2.27. The number of hydrogen-bond acceptors (Lipinski definition) is 2. The standard InChI is InChI=1S/C8H13N3.2ClH/c1-2-8(6-9-3-1)11-5-4-10-7-11;;/h4-5,7-9H,1-3,6H2;2*1H. The molecule has 5 heteroatoms. The molecule has 1 atom stereocenters. The molecule has 0 amide bonds. The van der Waals surface area contributed by atoms with Crippen LogP contribution in [0.5, 0.6) is 0 Å². The molecule has 13 heavy (non-hydrogen) atoms. The summed E-state index contributed by atoms with van der Waals surface area (Å²) in [6.07, 6.45) is 8.34. The van der Waals surface area contributed by atoms with Gasteiger partial charge in [0.25, 0.3) is 0 Å². The fourth-order valence-corrected chi connectivity index (χ4v) is 1.57. The highest BCUT2D eigenvalue weighted by Crippen LogP contribution is 2.14. The van der Waals surface area contributed by atoms with Gasteiger partial charge in [0.1, 0.15) is 0 Å². The zero-order valence-electron chi connectivity index (χ0n) is 7.35. The third-order valence-corrected chi connectivity index (χ3v) is 2.22. The van der Waals surface area contributed by atoms with Gasteiger partial charge in [0, 0.05) is 25.0 Å². The Kier molecular flexibility index (Phi) is 6.12. The van der Waals surface area contributed by atoms with Crippen LogP contribution in [0.3, 0.4) is 0 Å². The lowest BCUT2D eigenvalue weighted by Crippen LogP contribution is -2.31. The maximum absolute atomic E-state index is 4.03. The Bertz CT molecular complexity index is 207. The molecule has 2 rings (SSSR count). The Morgan fingerprint density at radius 1 is 1.38 bits per heavy atom. The summed E-state index contributed by atoms with van der Waals surface area (Å²) in [5, 5.41) is 3.37. The molecule has 1 aliphatic heterocycles. The topological polar surface area (TPSA) is 29.9 Å². The van der Waals surface area contributed by atoms with E-state index in [2.05, 4.69) is 14.9 Å². The summed E-state index contributed by atoms with van der Waals surface area (Å²) in [7, 11) is 0. The van der Waals surface area contributed by atoms with Gasteiger partial charge in [-0.2, -0.15) is 0 Å². The van der Waals surface area contributed by atoms with Crippen molar-refractivity contribution in [1.82, 2.24) is 14.9 Å². The summed E-state index contributed by atoms with van der Waals surface area (Å²) >= 11 is 0. The van der Waals surface area contributed by atoms with Crippen LogP contribution in [0.15, 0.2) is 18.7 Å². The van der Waals surface area contributed by atoms with Gasteiger partial charge in [-0.1, -0.05) is 0 Å². The van der Waals surface area contributed by atoms with E-state index in [1.165, 1.54) is 19.4 Å². The second-order valence-corrected chi connectivity index (χ2v) is 3.01. The molecule has 0 saturated carbocycles. The molecular weight excluding hydrogens is 209 g/mol. The fourth-order valence-electron chi connectivity index (χ4n) is 1.57. The predicted octanol–water partition coefficient (Wildman–Crippen LogP) is 1.65. The highest BCUT2D eigenvalue weighted by Gasteiger charge is 2.12. The third kappa shape index (κ3) is 3.18. The first-order valence-corrected chi connectivity index (χ1v) is 4.15. The Morgan fingerprint density at radius 2 is 2.23 bits per heavy atom. The molecule has 0 aromatic carbocycles. The summed E-state index contributed by atoms with van der Waals surface area (Å²) in [4.78, 5) is 4.03. The smallest absolute Gasteiger partial charge is 0.0948 e. The van der Waals surface area contributed by atoms with E-state index in [-0.39, 0.29) is 24.8 Å². The molecule has 0 spiro atoms. The zero-order valence-corrected chi connectivity index (χ0v) is 8.98. The Balaban J connectivity index is 0.000000720. The van der Waals surface area contributed by atoms with Gasteiger partial charge >= 0.3 is 0 Å². The molecule has 1 aromatic rings. The maximum Gasteiger partial charge on any atom is 0.0948 e. The van der Waals surface area contributed by atoms with Gasteiger partial charge in [-0.05, 0) is 19.4 Å². The molecule has 1 saturated heterocycles. The van der Waals surface area contributed by atoms with Gasteiger partial charge in [-0.15, -0.1) is 24.8 Å². The van der Waals surface area contributed by atoms with E-state index in [4.69, 9.17) is 0 Å². The largest absolute Gasteiger partial charge is 0.333 e. The molecule has 76 valence electrons. The quantitative estimate of drug-likeness (QED) is 0.786. The third-order valence-electron chi connectivity index (χ3n) is 2.22. The van der Waals surface area contributed by atoms with Crippen LogP contribution >= 0.6 is 24.8 Å². The average Bonchev–Trinajstić information content (AvgIpc) is 2.58. The summed E-state index contributed by atoms with van der Waals surface area (Å²) in [5.41, 5.74) is 0. The molecule has 1 N–H and O–H groups in total. The molecule has 0 bridgehead atoms. The number of rotatable bonds is 1. The van der Waals surface area contributed by atoms with Crippen LogP contribution in [0.1, 0.15) is 18.9 Å². The average molecular weight is 224 g/mol. The van der Waals surface area contributed by atoms with Crippen molar-refractivity contribution in [3.05, 3.63) is 18.7 Å². The molecule has 1 aromatic heterocycles. The molecule has 0 radical (unpaired) electrons. The van der Waals surface area contributed by atoms with Gasteiger partial charge in [0.05, 0.1) is 6.33 Å². The summed E-state index contributed by atoms with van der Waals surface area (Å²) in [5.74, 6) is 0. The highest BCUT2D eigenvalue weighted by molar-refractivity contribution is 5.85. The number of aromatic nitrogens is 2. The van der Waals surface area contributed by atoms with Crippen LogP contribution in [-0.2, 0) is 0 Å². The van der Waals surface area contributed by atoms with Crippen molar-refractivity contribution >= 4 is 24.8 Å². The van der Waals surface area contributed by atoms with Gasteiger partial charge in [0.2, 0.25) is 0 Å². The van der Waals surface area contributed by atoms with Gasteiger partial charge in [-0.25, -0.2) is 4.98 Å². The van der Waals surface area contributed by atoms with Crippen LogP contribution in [0, 0.1) is 0 Å². The van der Waals surface area contributed by atoms with E-state index in [0.717, 1.165) is 6.54 Å². The van der Waals surface area contributed by atoms with Crippen molar-refractivity contribution in [3.8, 4) is 0 Å². The van der Waals surface area contributed by atoms with Crippen LogP contribution < -0.4 is 5.32 Å². The number of halogens is 2. The molecular formula is C8H15Cl2N3. The van der Waals surface area contributed by atoms with Crippen molar-refractivity contribution in [1.29, 1.82) is 0 Å². The van der Waals surface area contributed by atoms with Crippen LogP contribution in [0.2, 0.25) is 0 Å². The van der Waals surface area contributed by atoms with Crippen LogP contribution in [-0.4, -0.2) is 22.6 Å². The van der Waals surface area contributed by atoms with E-state index >= 15 is 0 Å². The van der Waals surface area contributed by atoms with Crippen molar-refractivity contribution in [2.24, 2.45) is 0 Å². The van der Waals surface area contributed by atoms with Crippen LogP contribution in [0.25, 0.3) is 0 Å². The minimum atomic E-state index is 0. The zero-order chi connectivity index (χ0) is 7.52. The first-order valence-electron chi connectivity index (χ1n) is 4.15. The second-order valence-electron chi connectivity index (χ2n) is 3.01. The normalized spacial score (nSPS) is 21.4. The lowest BCUT2D eigenvalue weighted by Gasteiger charge is -2.23. The number of nitrogens with zero attached hydrogens (tertiary/aromatic N) is 2. The minimum absolute atomic E-state index is 0. The van der Waals surface area contributed by atoms with E-state index < -0.39 is 0 Å². The maximum atomic E-state index is 4.03. The Hall–Kier alpha value is -0.250. The molecule has 2 heterocycles. The van der Waals surface area contributed by atoms with Crippen molar-refractivity contribution in [2.75, 3.05) is 13.1 Å². The van der Waals surface area contributed by atoms with Crippen LogP contribution in [0.4, 0.5) is 0 Å². The predicted molar refractivity (Wildman–Crippen MR) is 57.9 cm³/mol. The van der Waals surface area contributed by atoms with Crippen molar-refractivity contribution < 1.29 is 0 Å². The first kappa shape index (κ1) is 12.8. The SMILES string of the molecule is Cl.Cl.c1cn(C2CCCNC2)cn1. The van der Waals surface area contributed by atoms with Crippen molar-refractivity contribution in [3.63, 3.8) is 0 Å². The van der Waals surface area contributed by atoms with Crippen molar-refractivity contribution in [2.45, 2.75) is 18.9 Å². The summed E-state index contributed by atoms with van der Waals surface area (Å²) < 4.78 is 2.19. The second kappa shape index (κ2) is 6.24. The Labute approximate surface area is 90.7 Å². The number of piperidine rings is 1. The van der Waals surface area contributed by atoms with Gasteiger partial charge < -0.3 is 9.88 Å². The summed E-state index contributed by atoms with van der Waals surface area (Å²) in [6, 6.07) is 0.631. The molecule has 1 fully saturated rings. The van der Waals surface area contributed by atoms with Gasteiger partial charge in [0.15, 0.2) is 0 Å². The minimum Gasteiger partial charge on any atom is -0.333 e. The molecule has 1 aliphatic rings. The molecule has 3 nitrogen and oxygen atoms in total. The molecule has 0 aliphatic carbocycles. The fraction of sp³-hybridized carbons (Fsp3) is 0.625. The molecule has 1 unspecified atom stereocenters. The number of nitrogens with one attached hydrogen (secondary N) is 1. The lowest BCUT2D eigenvalue weighted by molar-refractivity contribution is 0.371. The van der Waals surface area contributed by atoms with E-state index in [9.17, 15) is 0 Å². The van der Waals surface area contributed by atoms with E-state index in [1.807, 2.05) is 18.7 Å². The van der Waals surface area contributed by atoms with E-state index in [1.54, 1.807) is 0 Å². The Morgan fingerprint density at radius 3 is 2.77 bits per heavy atom. The van der Waals surface area contributed by atoms with Gasteiger partial charge in [-0.3, -0.25) is 0 Å². The highest BCUT2D eigenvalue weighted by atomic mass is 35.5. The first-order chi connectivity index (χ1) is 5.47.